The number of pyridine rings is 1. The fourth-order valence-electron chi connectivity index (χ4n) is 1.80. The van der Waals surface area contributed by atoms with Crippen molar-refractivity contribution in [1.29, 1.82) is 0 Å². The lowest BCUT2D eigenvalue weighted by Crippen LogP contribution is -2.25. The summed E-state index contributed by atoms with van der Waals surface area (Å²) in [6.07, 6.45) is 3.54. The summed E-state index contributed by atoms with van der Waals surface area (Å²) in [4.78, 5) is 15.9. The summed E-state index contributed by atoms with van der Waals surface area (Å²) in [5, 5.41) is 5.83. The topological polar surface area (TPSA) is 54.0 Å². The number of unbranched alkanes of at least 4 members (excludes halogenated alkanes) is 1. The molecule has 2 N–H and O–H groups in total. The van der Waals surface area contributed by atoms with Crippen LogP contribution in [-0.2, 0) is 0 Å². The van der Waals surface area contributed by atoms with Gasteiger partial charge in [0.1, 0.15) is 11.5 Å². The molecule has 2 aromatic rings. The maximum Gasteiger partial charge on any atom is 0.269 e. The highest BCUT2D eigenvalue weighted by Gasteiger charge is 2.06. The Bertz CT molecular complexity index is 599. The minimum Gasteiger partial charge on any atom is -0.354 e. The summed E-state index contributed by atoms with van der Waals surface area (Å²) in [5.74, 6) is -0.486. The Morgan fingerprint density at radius 1 is 1.24 bits per heavy atom. The Balaban J connectivity index is 1.97. The van der Waals surface area contributed by atoms with E-state index in [-0.39, 0.29) is 11.7 Å². The van der Waals surface area contributed by atoms with Gasteiger partial charge in [0.05, 0.1) is 11.9 Å². The molecule has 0 fully saturated rings. The zero-order chi connectivity index (χ0) is 15.1. The summed E-state index contributed by atoms with van der Waals surface area (Å²) >= 11 is 0. The number of hydrogen-bond donors (Lipinski definition) is 2. The summed E-state index contributed by atoms with van der Waals surface area (Å²) in [7, 11) is 0. The predicted molar refractivity (Wildman–Crippen MR) is 81.2 cm³/mol. The number of nitrogens with one attached hydrogen (secondary N) is 2. The van der Waals surface area contributed by atoms with E-state index in [9.17, 15) is 9.18 Å². The molecule has 0 bridgehead atoms. The molecule has 0 atom stereocenters. The van der Waals surface area contributed by atoms with Crippen LogP contribution in [0.3, 0.4) is 0 Å². The molecular formula is C16H18FN3O. The van der Waals surface area contributed by atoms with Crippen molar-refractivity contribution in [2.24, 2.45) is 0 Å². The van der Waals surface area contributed by atoms with Gasteiger partial charge in [-0.3, -0.25) is 4.79 Å². The summed E-state index contributed by atoms with van der Waals surface area (Å²) in [5.41, 5.74) is 1.71. The van der Waals surface area contributed by atoms with Gasteiger partial charge in [0.2, 0.25) is 0 Å². The van der Waals surface area contributed by atoms with E-state index >= 15 is 0 Å². The summed E-state index contributed by atoms with van der Waals surface area (Å²) in [6, 6.07) is 9.54. The molecule has 0 aliphatic rings. The number of amides is 1. The van der Waals surface area contributed by atoms with Crippen LogP contribution >= 0.6 is 0 Å². The molecule has 4 nitrogen and oxygen atoms in total. The van der Waals surface area contributed by atoms with Crippen LogP contribution in [0, 0.1) is 5.82 Å². The number of benzene rings is 1. The monoisotopic (exact) mass is 287 g/mol. The van der Waals surface area contributed by atoms with Crippen molar-refractivity contribution in [3.63, 3.8) is 0 Å². The normalized spacial score (nSPS) is 10.2. The van der Waals surface area contributed by atoms with Crippen LogP contribution in [0.4, 0.5) is 15.8 Å². The highest BCUT2D eigenvalue weighted by molar-refractivity contribution is 5.92. The molecule has 0 aliphatic carbocycles. The molecule has 5 heteroatoms. The molecule has 0 saturated carbocycles. The average Bonchev–Trinajstić information content (AvgIpc) is 2.48. The molecule has 1 heterocycles. The van der Waals surface area contributed by atoms with E-state index in [1.165, 1.54) is 12.1 Å². The van der Waals surface area contributed by atoms with Gasteiger partial charge in [-0.2, -0.15) is 0 Å². The van der Waals surface area contributed by atoms with Crippen molar-refractivity contribution in [1.82, 2.24) is 10.3 Å². The van der Waals surface area contributed by atoms with E-state index < -0.39 is 0 Å². The highest BCUT2D eigenvalue weighted by atomic mass is 19.1. The Kier molecular flexibility index (Phi) is 5.26. The van der Waals surface area contributed by atoms with Crippen LogP contribution in [0.25, 0.3) is 0 Å². The lowest BCUT2D eigenvalue weighted by atomic mass is 10.2. The Morgan fingerprint density at radius 3 is 2.76 bits per heavy atom. The van der Waals surface area contributed by atoms with Crippen molar-refractivity contribution in [3.8, 4) is 0 Å². The van der Waals surface area contributed by atoms with Gasteiger partial charge < -0.3 is 10.6 Å². The number of rotatable bonds is 6. The molecule has 0 spiro atoms. The van der Waals surface area contributed by atoms with E-state index in [1.807, 2.05) is 0 Å². The van der Waals surface area contributed by atoms with Gasteiger partial charge in [0.15, 0.2) is 0 Å². The lowest BCUT2D eigenvalue weighted by molar-refractivity contribution is 0.0948. The zero-order valence-corrected chi connectivity index (χ0v) is 11.9. The van der Waals surface area contributed by atoms with E-state index in [1.54, 1.807) is 30.5 Å². The van der Waals surface area contributed by atoms with Crippen molar-refractivity contribution in [2.75, 3.05) is 11.9 Å². The molecule has 110 valence electrons. The number of nitrogens with zero attached hydrogens (tertiary/aromatic N) is 1. The number of aromatic nitrogens is 1. The third-order valence-electron chi connectivity index (χ3n) is 2.93. The molecular weight excluding hydrogens is 269 g/mol. The standard InChI is InChI=1S/C16H18FN3O/c1-2-3-9-18-16(21)15-8-7-14(11-19-15)20-13-6-4-5-12(17)10-13/h4-8,10-11,20H,2-3,9H2,1H3,(H,18,21). The second-order valence-corrected chi connectivity index (χ2v) is 4.68. The predicted octanol–water partition coefficient (Wildman–Crippen LogP) is 3.49. The first-order chi connectivity index (χ1) is 10.2. The molecule has 0 unspecified atom stereocenters. The minimum atomic E-state index is -0.306. The molecule has 21 heavy (non-hydrogen) atoms. The van der Waals surface area contributed by atoms with Gasteiger partial charge >= 0.3 is 0 Å². The van der Waals surface area contributed by atoms with Crippen LogP contribution in [0.2, 0.25) is 0 Å². The van der Waals surface area contributed by atoms with Crippen molar-refractivity contribution in [2.45, 2.75) is 19.8 Å². The van der Waals surface area contributed by atoms with Gasteiger partial charge in [0, 0.05) is 12.2 Å². The number of carbonyl (C=O) groups is 1. The van der Waals surface area contributed by atoms with E-state index in [0.717, 1.165) is 12.8 Å². The van der Waals surface area contributed by atoms with Gasteiger partial charge in [0.25, 0.3) is 5.91 Å². The van der Waals surface area contributed by atoms with Gasteiger partial charge in [-0.1, -0.05) is 19.4 Å². The van der Waals surface area contributed by atoms with Crippen LogP contribution in [0.15, 0.2) is 42.6 Å². The summed E-state index contributed by atoms with van der Waals surface area (Å²) in [6.45, 7) is 2.72. The molecule has 1 aromatic heterocycles. The van der Waals surface area contributed by atoms with Crippen molar-refractivity contribution < 1.29 is 9.18 Å². The number of hydrogen-bond acceptors (Lipinski definition) is 3. The SMILES string of the molecule is CCCCNC(=O)c1ccc(Nc2cccc(F)c2)cn1. The molecule has 2 rings (SSSR count). The van der Waals surface area contributed by atoms with Gasteiger partial charge in [-0.15, -0.1) is 0 Å². The second kappa shape index (κ2) is 7.38. The van der Waals surface area contributed by atoms with Crippen LogP contribution in [-0.4, -0.2) is 17.4 Å². The van der Waals surface area contributed by atoms with Crippen LogP contribution in [0.5, 0.6) is 0 Å². The average molecular weight is 287 g/mol. The fraction of sp³-hybridized carbons (Fsp3) is 0.250. The highest BCUT2D eigenvalue weighted by Crippen LogP contribution is 2.16. The smallest absolute Gasteiger partial charge is 0.269 e. The first-order valence-corrected chi connectivity index (χ1v) is 6.96. The van der Waals surface area contributed by atoms with E-state index in [0.29, 0.717) is 23.6 Å². The maximum atomic E-state index is 13.1. The van der Waals surface area contributed by atoms with E-state index in [2.05, 4.69) is 22.5 Å². The minimum absolute atomic E-state index is 0.180. The largest absolute Gasteiger partial charge is 0.354 e. The molecule has 0 aliphatic heterocycles. The molecule has 0 saturated heterocycles. The Hall–Kier alpha value is -2.43. The molecule has 1 amide bonds. The van der Waals surface area contributed by atoms with Crippen LogP contribution in [0.1, 0.15) is 30.3 Å². The van der Waals surface area contributed by atoms with E-state index in [4.69, 9.17) is 0 Å². The quantitative estimate of drug-likeness (QED) is 0.800. The first kappa shape index (κ1) is 15.0. The zero-order valence-electron chi connectivity index (χ0n) is 11.9. The fourth-order valence-corrected chi connectivity index (χ4v) is 1.80. The first-order valence-electron chi connectivity index (χ1n) is 6.96. The number of anilines is 2. The van der Waals surface area contributed by atoms with Crippen LogP contribution < -0.4 is 10.6 Å². The maximum absolute atomic E-state index is 13.1. The van der Waals surface area contributed by atoms with Crippen molar-refractivity contribution in [3.05, 3.63) is 54.1 Å². The third-order valence-corrected chi connectivity index (χ3v) is 2.93. The van der Waals surface area contributed by atoms with Gasteiger partial charge in [-0.05, 0) is 36.8 Å². The lowest BCUT2D eigenvalue weighted by Gasteiger charge is -2.07. The Labute approximate surface area is 123 Å². The van der Waals surface area contributed by atoms with Gasteiger partial charge in [-0.25, -0.2) is 9.37 Å². The number of halogens is 1. The third kappa shape index (κ3) is 4.56. The molecule has 1 aromatic carbocycles. The number of carbonyl (C=O) groups excluding carboxylic acids is 1. The Morgan fingerprint density at radius 2 is 2.10 bits per heavy atom. The van der Waals surface area contributed by atoms with Crippen molar-refractivity contribution >= 4 is 17.3 Å². The molecule has 0 radical (unpaired) electrons. The summed E-state index contributed by atoms with van der Waals surface area (Å²) < 4.78 is 13.1. The second-order valence-electron chi connectivity index (χ2n) is 4.68.